The number of hydrogen-bond donors (Lipinski definition) is 1. The molecule has 2 N–H and O–H groups in total. The molecule has 3 heteroatoms. The van der Waals surface area contributed by atoms with Gasteiger partial charge in [-0.15, -0.1) is 0 Å². The number of pyridine rings is 1. The molecule has 0 aliphatic carbocycles. The molecule has 0 saturated heterocycles. The largest absolute Gasteiger partial charge is 0.325 e. The monoisotopic (exact) mass is 204 g/mol. The summed E-state index contributed by atoms with van der Waals surface area (Å²) in [5.74, 6) is 0. The summed E-state index contributed by atoms with van der Waals surface area (Å²) in [6.07, 6.45) is 0. The Labute approximate surface area is 87.4 Å². The normalized spacial score (nSPS) is 10.4. The number of thiophene rings is 1. The molecule has 0 unspecified atom stereocenters. The standard InChI is InChI=1S/C11H12N2S/c1-8-2-3-10(11(6-12)13-8)9-4-5-14-7-9/h2-5,7H,6,12H2,1H3. The van der Waals surface area contributed by atoms with E-state index in [-0.39, 0.29) is 0 Å². The molecule has 0 aliphatic heterocycles. The quantitative estimate of drug-likeness (QED) is 0.816. The van der Waals surface area contributed by atoms with E-state index in [0.29, 0.717) is 6.54 Å². The molecule has 0 saturated carbocycles. The van der Waals surface area contributed by atoms with Gasteiger partial charge < -0.3 is 5.73 Å². The Kier molecular flexibility index (Phi) is 2.61. The Balaban J connectivity index is 2.53. The number of hydrogen-bond acceptors (Lipinski definition) is 3. The van der Waals surface area contributed by atoms with E-state index >= 15 is 0 Å². The molecule has 0 fully saturated rings. The van der Waals surface area contributed by atoms with Gasteiger partial charge >= 0.3 is 0 Å². The molecule has 72 valence electrons. The van der Waals surface area contributed by atoms with Crippen molar-refractivity contribution >= 4 is 11.3 Å². The first-order valence-electron chi connectivity index (χ1n) is 4.50. The Morgan fingerprint density at radius 2 is 2.21 bits per heavy atom. The van der Waals surface area contributed by atoms with Gasteiger partial charge in [0.05, 0.1) is 5.69 Å². The minimum Gasteiger partial charge on any atom is -0.325 e. The number of nitrogens with two attached hydrogens (primary N) is 1. The van der Waals surface area contributed by atoms with E-state index in [1.54, 1.807) is 11.3 Å². The zero-order valence-electron chi connectivity index (χ0n) is 8.03. The fraction of sp³-hybridized carbons (Fsp3) is 0.182. The van der Waals surface area contributed by atoms with Crippen molar-refractivity contribution in [3.8, 4) is 11.1 Å². The smallest absolute Gasteiger partial charge is 0.0621 e. The molecule has 2 aromatic rings. The zero-order valence-corrected chi connectivity index (χ0v) is 8.84. The molecule has 2 heterocycles. The summed E-state index contributed by atoms with van der Waals surface area (Å²) in [6.45, 7) is 2.48. The van der Waals surface area contributed by atoms with Gasteiger partial charge in [-0.3, -0.25) is 4.98 Å². The minimum atomic E-state index is 0.493. The third kappa shape index (κ3) is 1.69. The molecule has 0 spiro atoms. The lowest BCUT2D eigenvalue weighted by molar-refractivity contribution is 0.973. The van der Waals surface area contributed by atoms with Crippen LogP contribution in [-0.4, -0.2) is 4.98 Å². The Hall–Kier alpha value is -1.19. The fourth-order valence-electron chi connectivity index (χ4n) is 1.45. The zero-order chi connectivity index (χ0) is 9.97. The number of rotatable bonds is 2. The summed E-state index contributed by atoms with van der Waals surface area (Å²) in [6, 6.07) is 6.20. The first-order valence-corrected chi connectivity index (χ1v) is 5.44. The predicted molar refractivity (Wildman–Crippen MR) is 60.2 cm³/mol. The van der Waals surface area contributed by atoms with Gasteiger partial charge in [0.2, 0.25) is 0 Å². The lowest BCUT2D eigenvalue weighted by atomic mass is 10.1. The average Bonchev–Trinajstić information content (AvgIpc) is 2.70. The SMILES string of the molecule is Cc1ccc(-c2ccsc2)c(CN)n1. The van der Waals surface area contributed by atoms with Crippen LogP contribution in [0.4, 0.5) is 0 Å². The highest BCUT2D eigenvalue weighted by molar-refractivity contribution is 7.08. The van der Waals surface area contributed by atoms with Crippen molar-refractivity contribution in [3.05, 3.63) is 40.3 Å². The van der Waals surface area contributed by atoms with E-state index < -0.39 is 0 Å². The molecule has 0 aromatic carbocycles. The van der Waals surface area contributed by atoms with Gasteiger partial charge in [-0.2, -0.15) is 11.3 Å². The van der Waals surface area contributed by atoms with Crippen molar-refractivity contribution in [3.63, 3.8) is 0 Å². The van der Waals surface area contributed by atoms with Crippen molar-refractivity contribution < 1.29 is 0 Å². The topological polar surface area (TPSA) is 38.9 Å². The second-order valence-electron chi connectivity index (χ2n) is 3.16. The maximum atomic E-state index is 5.67. The Morgan fingerprint density at radius 3 is 2.86 bits per heavy atom. The van der Waals surface area contributed by atoms with Gasteiger partial charge in [0.1, 0.15) is 0 Å². The van der Waals surface area contributed by atoms with Gasteiger partial charge in [-0.05, 0) is 35.4 Å². The van der Waals surface area contributed by atoms with Crippen LogP contribution < -0.4 is 5.73 Å². The summed E-state index contributed by atoms with van der Waals surface area (Å²) in [4.78, 5) is 4.43. The molecule has 0 atom stereocenters. The molecule has 0 bridgehead atoms. The predicted octanol–water partition coefficient (Wildman–Crippen LogP) is 2.58. The summed E-state index contributed by atoms with van der Waals surface area (Å²) in [7, 11) is 0. The molecule has 0 aliphatic rings. The van der Waals surface area contributed by atoms with Crippen LogP contribution in [0.15, 0.2) is 29.0 Å². The van der Waals surface area contributed by atoms with Crippen molar-refractivity contribution in [2.45, 2.75) is 13.5 Å². The van der Waals surface area contributed by atoms with Crippen molar-refractivity contribution in [1.82, 2.24) is 4.98 Å². The van der Waals surface area contributed by atoms with E-state index in [1.165, 1.54) is 5.56 Å². The van der Waals surface area contributed by atoms with E-state index in [0.717, 1.165) is 17.0 Å². The average molecular weight is 204 g/mol. The first kappa shape index (κ1) is 9.37. The lowest BCUT2D eigenvalue weighted by Gasteiger charge is -2.05. The van der Waals surface area contributed by atoms with Gasteiger partial charge in [0.25, 0.3) is 0 Å². The summed E-state index contributed by atoms with van der Waals surface area (Å²) >= 11 is 1.69. The fourth-order valence-corrected chi connectivity index (χ4v) is 2.10. The molecule has 2 rings (SSSR count). The van der Waals surface area contributed by atoms with E-state index in [4.69, 9.17) is 5.73 Å². The van der Waals surface area contributed by atoms with Crippen LogP contribution in [0.5, 0.6) is 0 Å². The highest BCUT2D eigenvalue weighted by atomic mass is 32.1. The molecule has 14 heavy (non-hydrogen) atoms. The van der Waals surface area contributed by atoms with Crippen molar-refractivity contribution in [1.29, 1.82) is 0 Å². The van der Waals surface area contributed by atoms with Crippen LogP contribution in [-0.2, 0) is 6.54 Å². The highest BCUT2D eigenvalue weighted by Crippen LogP contribution is 2.24. The van der Waals surface area contributed by atoms with Crippen LogP contribution in [0.1, 0.15) is 11.4 Å². The van der Waals surface area contributed by atoms with Crippen LogP contribution in [0.2, 0.25) is 0 Å². The molecule has 2 nitrogen and oxygen atoms in total. The molecule has 2 aromatic heterocycles. The third-order valence-electron chi connectivity index (χ3n) is 2.14. The number of aromatic nitrogens is 1. The van der Waals surface area contributed by atoms with E-state index in [2.05, 4.69) is 27.9 Å². The molecular formula is C11H12N2S. The Morgan fingerprint density at radius 1 is 1.36 bits per heavy atom. The summed E-state index contributed by atoms with van der Waals surface area (Å²) < 4.78 is 0. The van der Waals surface area contributed by atoms with Crippen LogP contribution >= 0.6 is 11.3 Å². The second kappa shape index (κ2) is 3.90. The second-order valence-corrected chi connectivity index (χ2v) is 3.94. The van der Waals surface area contributed by atoms with Gasteiger partial charge in [-0.1, -0.05) is 6.07 Å². The minimum absolute atomic E-state index is 0.493. The molecule has 0 radical (unpaired) electrons. The van der Waals surface area contributed by atoms with E-state index in [1.807, 2.05) is 13.0 Å². The number of nitrogens with zero attached hydrogens (tertiary/aromatic N) is 1. The maximum absolute atomic E-state index is 5.67. The first-order chi connectivity index (χ1) is 6.81. The van der Waals surface area contributed by atoms with Gasteiger partial charge in [-0.25, -0.2) is 0 Å². The van der Waals surface area contributed by atoms with Crippen molar-refractivity contribution in [2.75, 3.05) is 0 Å². The summed E-state index contributed by atoms with van der Waals surface area (Å²) in [5, 5.41) is 4.18. The van der Waals surface area contributed by atoms with E-state index in [9.17, 15) is 0 Å². The molecule has 0 amide bonds. The summed E-state index contributed by atoms with van der Waals surface area (Å²) in [5.41, 5.74) is 10.0. The van der Waals surface area contributed by atoms with Crippen molar-refractivity contribution in [2.24, 2.45) is 5.73 Å². The maximum Gasteiger partial charge on any atom is 0.0621 e. The van der Waals surface area contributed by atoms with Crippen LogP contribution in [0.25, 0.3) is 11.1 Å². The van der Waals surface area contributed by atoms with Gasteiger partial charge in [0, 0.05) is 17.8 Å². The highest BCUT2D eigenvalue weighted by Gasteiger charge is 2.05. The molecular weight excluding hydrogens is 192 g/mol. The van der Waals surface area contributed by atoms with Crippen LogP contribution in [0, 0.1) is 6.92 Å². The van der Waals surface area contributed by atoms with Gasteiger partial charge in [0.15, 0.2) is 0 Å². The number of aryl methyl sites for hydroxylation is 1. The Bertz CT molecular complexity index is 421. The van der Waals surface area contributed by atoms with Crippen LogP contribution in [0.3, 0.4) is 0 Å². The lowest BCUT2D eigenvalue weighted by Crippen LogP contribution is -2.02. The third-order valence-corrected chi connectivity index (χ3v) is 2.82.